The summed E-state index contributed by atoms with van der Waals surface area (Å²) in [5.41, 5.74) is 11.4. The van der Waals surface area contributed by atoms with Crippen LogP contribution >= 0.6 is 0 Å². The van der Waals surface area contributed by atoms with Gasteiger partial charge < -0.3 is 14.9 Å². The van der Waals surface area contributed by atoms with Gasteiger partial charge >= 0.3 is 0 Å². The normalized spacial score (nSPS) is 11.7. The van der Waals surface area contributed by atoms with E-state index in [4.69, 9.17) is 0 Å². The van der Waals surface area contributed by atoms with Gasteiger partial charge in [0.25, 0.3) is 0 Å². The van der Waals surface area contributed by atoms with Gasteiger partial charge in [0.15, 0.2) is 0 Å². The van der Waals surface area contributed by atoms with Crippen LogP contribution in [0.5, 0.6) is 0 Å². The van der Waals surface area contributed by atoms with Crippen LogP contribution in [-0.2, 0) is 32.2 Å². The predicted octanol–water partition coefficient (Wildman–Crippen LogP) is 5.83. The van der Waals surface area contributed by atoms with Crippen LogP contribution in [0.25, 0.3) is 0 Å². The molecule has 0 spiro atoms. The van der Waals surface area contributed by atoms with E-state index in [1.807, 2.05) is 0 Å². The van der Waals surface area contributed by atoms with Crippen molar-refractivity contribution in [2.24, 2.45) is 0 Å². The highest BCUT2D eigenvalue weighted by molar-refractivity contribution is 5.50. The van der Waals surface area contributed by atoms with Gasteiger partial charge in [0.05, 0.1) is 5.92 Å². The molecule has 2 N–H and O–H groups in total. The Morgan fingerprint density at radius 2 is 1.24 bits per heavy atom. The van der Waals surface area contributed by atoms with E-state index in [9.17, 15) is 0 Å². The van der Waals surface area contributed by atoms with E-state index >= 15 is 0 Å². The van der Waals surface area contributed by atoms with Crippen molar-refractivity contribution in [2.45, 2.75) is 65.8 Å². The Labute approximate surface area is 176 Å². The van der Waals surface area contributed by atoms with Crippen LogP contribution in [0.2, 0.25) is 0 Å². The van der Waals surface area contributed by atoms with Crippen molar-refractivity contribution in [1.82, 2.24) is 14.9 Å². The van der Waals surface area contributed by atoms with E-state index < -0.39 is 0 Å². The van der Waals surface area contributed by atoms with Gasteiger partial charge in [0.2, 0.25) is 0 Å². The zero-order valence-corrected chi connectivity index (χ0v) is 19.0. The smallest absolute Gasteiger partial charge is 0.0650 e. The molecule has 2 aromatic heterocycles. The van der Waals surface area contributed by atoms with E-state index in [1.165, 1.54) is 44.8 Å². The Morgan fingerprint density at radius 1 is 0.724 bits per heavy atom. The number of aromatic amines is 2. The van der Waals surface area contributed by atoms with Crippen molar-refractivity contribution >= 4 is 0 Å². The summed E-state index contributed by atoms with van der Waals surface area (Å²) in [5, 5.41) is 0. The molecule has 0 fully saturated rings. The molecule has 0 bridgehead atoms. The number of hydrogen-bond donors (Lipinski definition) is 2. The molecule has 3 aromatic rings. The molecule has 156 valence electrons. The summed E-state index contributed by atoms with van der Waals surface area (Å²) in [6.45, 7) is 10.0. The van der Waals surface area contributed by atoms with Gasteiger partial charge in [-0.05, 0) is 73.2 Å². The van der Waals surface area contributed by atoms with E-state index in [2.05, 4.69) is 93.3 Å². The first-order valence-electron chi connectivity index (χ1n) is 11.2. The Kier molecular flexibility index (Phi) is 7.02. The van der Waals surface area contributed by atoms with Gasteiger partial charge in [0, 0.05) is 30.3 Å². The summed E-state index contributed by atoms with van der Waals surface area (Å²) < 4.78 is 0. The van der Waals surface area contributed by atoms with Gasteiger partial charge in [-0.1, -0.05) is 52.0 Å². The molecule has 1 aromatic carbocycles. The van der Waals surface area contributed by atoms with Crippen molar-refractivity contribution in [2.75, 3.05) is 14.1 Å². The molecule has 29 heavy (non-hydrogen) atoms. The third-order valence-corrected chi connectivity index (χ3v) is 6.13. The van der Waals surface area contributed by atoms with Gasteiger partial charge in [-0.3, -0.25) is 0 Å². The van der Waals surface area contributed by atoms with E-state index in [0.717, 1.165) is 32.2 Å². The van der Waals surface area contributed by atoms with Gasteiger partial charge in [-0.25, -0.2) is 0 Å². The second kappa shape index (κ2) is 9.49. The molecule has 3 heteroatoms. The molecule has 2 heterocycles. The summed E-state index contributed by atoms with van der Waals surface area (Å²) in [7, 11) is 4.29. The summed E-state index contributed by atoms with van der Waals surface area (Å²) in [5.74, 6) is 0.205. The Hall–Kier alpha value is -2.26. The molecule has 0 amide bonds. The molecule has 3 rings (SSSR count). The SMILES string of the molecule is CCc1c[nH]c(C(c2ccccc2CN(C)C)c2[nH]cc(CC)c2CC)c1CC. The molecule has 0 aliphatic carbocycles. The van der Waals surface area contributed by atoms with E-state index in [-0.39, 0.29) is 5.92 Å². The number of benzene rings is 1. The molecule has 0 aliphatic rings. The lowest BCUT2D eigenvalue weighted by Gasteiger charge is -2.24. The average Bonchev–Trinajstić information content (AvgIpc) is 3.32. The van der Waals surface area contributed by atoms with Gasteiger partial charge in [-0.15, -0.1) is 0 Å². The van der Waals surface area contributed by atoms with Gasteiger partial charge in [0.1, 0.15) is 0 Å². The highest BCUT2D eigenvalue weighted by atomic mass is 15.0. The van der Waals surface area contributed by atoms with Crippen LogP contribution in [0, 0.1) is 0 Å². The number of hydrogen-bond acceptors (Lipinski definition) is 1. The van der Waals surface area contributed by atoms with Crippen molar-refractivity contribution in [3.8, 4) is 0 Å². The third kappa shape index (κ3) is 4.20. The lowest BCUT2D eigenvalue weighted by molar-refractivity contribution is 0.400. The fraction of sp³-hybridized carbons (Fsp3) is 0.462. The standard InChI is InChI=1S/C26H37N3/c1-7-18-15-27-25(21(18)9-3)24(26-22(10-4)19(8-2)16-28-26)23-14-12-11-13-20(23)17-29(5)6/h11-16,24,27-28H,7-10,17H2,1-6H3. The van der Waals surface area contributed by atoms with Gasteiger partial charge in [-0.2, -0.15) is 0 Å². The molecular weight excluding hydrogens is 354 g/mol. The number of nitrogens with zero attached hydrogens (tertiary/aromatic N) is 1. The zero-order chi connectivity index (χ0) is 21.0. The minimum Gasteiger partial charge on any atom is -0.364 e. The van der Waals surface area contributed by atoms with E-state index in [1.54, 1.807) is 0 Å². The minimum absolute atomic E-state index is 0.205. The van der Waals surface area contributed by atoms with Crippen molar-refractivity contribution in [1.29, 1.82) is 0 Å². The topological polar surface area (TPSA) is 34.8 Å². The van der Waals surface area contributed by atoms with Crippen molar-refractivity contribution in [3.63, 3.8) is 0 Å². The first-order chi connectivity index (χ1) is 14.0. The van der Waals surface area contributed by atoms with Crippen LogP contribution < -0.4 is 0 Å². The number of rotatable bonds is 9. The molecule has 0 radical (unpaired) electrons. The predicted molar refractivity (Wildman–Crippen MR) is 124 cm³/mol. The minimum atomic E-state index is 0.205. The molecule has 0 saturated heterocycles. The summed E-state index contributed by atoms with van der Waals surface area (Å²) in [4.78, 5) is 9.66. The Balaban J connectivity index is 2.27. The lowest BCUT2D eigenvalue weighted by atomic mass is 9.83. The Morgan fingerprint density at radius 3 is 1.69 bits per heavy atom. The maximum Gasteiger partial charge on any atom is 0.0650 e. The molecule has 0 aliphatic heterocycles. The number of aromatic nitrogens is 2. The number of aryl methyl sites for hydroxylation is 2. The quantitative estimate of drug-likeness (QED) is 0.472. The largest absolute Gasteiger partial charge is 0.364 e. The monoisotopic (exact) mass is 391 g/mol. The van der Waals surface area contributed by atoms with Crippen molar-refractivity contribution in [3.05, 3.63) is 81.4 Å². The molecule has 3 nitrogen and oxygen atoms in total. The average molecular weight is 392 g/mol. The number of H-pyrrole nitrogens is 2. The summed E-state index contributed by atoms with van der Waals surface area (Å²) in [6.07, 6.45) is 8.69. The van der Waals surface area contributed by atoms with Crippen LogP contribution in [0.3, 0.4) is 0 Å². The van der Waals surface area contributed by atoms with E-state index in [0.29, 0.717) is 0 Å². The number of nitrogens with one attached hydrogen (secondary N) is 2. The highest BCUT2D eigenvalue weighted by Crippen LogP contribution is 2.38. The first-order valence-corrected chi connectivity index (χ1v) is 11.2. The third-order valence-electron chi connectivity index (χ3n) is 6.13. The maximum absolute atomic E-state index is 3.70. The van der Waals surface area contributed by atoms with Crippen LogP contribution in [0.1, 0.15) is 78.4 Å². The highest BCUT2D eigenvalue weighted by Gasteiger charge is 2.28. The van der Waals surface area contributed by atoms with Crippen LogP contribution in [0.15, 0.2) is 36.7 Å². The first kappa shape index (κ1) is 21.4. The van der Waals surface area contributed by atoms with Crippen molar-refractivity contribution < 1.29 is 0 Å². The lowest BCUT2D eigenvalue weighted by Crippen LogP contribution is -2.16. The fourth-order valence-corrected chi connectivity index (χ4v) is 4.76. The summed E-state index contributed by atoms with van der Waals surface area (Å²) >= 11 is 0. The van der Waals surface area contributed by atoms with Crippen LogP contribution in [0.4, 0.5) is 0 Å². The second-order valence-electron chi connectivity index (χ2n) is 8.20. The second-order valence-corrected chi connectivity index (χ2v) is 8.20. The molecular formula is C26H37N3. The molecule has 0 unspecified atom stereocenters. The summed E-state index contributed by atoms with van der Waals surface area (Å²) in [6, 6.07) is 8.96. The Bertz CT molecular complexity index is 879. The fourth-order valence-electron chi connectivity index (χ4n) is 4.76. The maximum atomic E-state index is 3.70. The van der Waals surface area contributed by atoms with Crippen LogP contribution in [-0.4, -0.2) is 29.0 Å². The molecule has 0 atom stereocenters. The zero-order valence-electron chi connectivity index (χ0n) is 19.0. The molecule has 0 saturated carbocycles.